The summed E-state index contributed by atoms with van der Waals surface area (Å²) in [5.74, 6) is 0.564. The van der Waals surface area contributed by atoms with Crippen LogP contribution in [0.3, 0.4) is 0 Å². The minimum atomic E-state index is 0.564. The molecule has 3 rings (SSSR count). The molecule has 22 heavy (non-hydrogen) atoms. The third-order valence-electron chi connectivity index (χ3n) is 4.20. The summed E-state index contributed by atoms with van der Waals surface area (Å²) in [5, 5.41) is 0. The third kappa shape index (κ3) is 3.96. The lowest BCUT2D eigenvalue weighted by Gasteiger charge is -2.25. The van der Waals surface area contributed by atoms with Gasteiger partial charge in [0.1, 0.15) is 0 Å². The summed E-state index contributed by atoms with van der Waals surface area (Å²) < 4.78 is 0. The van der Waals surface area contributed by atoms with E-state index in [1.807, 2.05) is 0 Å². The van der Waals surface area contributed by atoms with Crippen molar-refractivity contribution in [2.45, 2.75) is 20.0 Å². The summed E-state index contributed by atoms with van der Waals surface area (Å²) in [7, 11) is 0. The van der Waals surface area contributed by atoms with Crippen molar-refractivity contribution >= 4 is 0 Å². The van der Waals surface area contributed by atoms with Gasteiger partial charge in [0.25, 0.3) is 0 Å². The fourth-order valence-corrected chi connectivity index (χ4v) is 2.93. The van der Waals surface area contributed by atoms with Gasteiger partial charge < -0.3 is 0 Å². The molecule has 0 heterocycles. The Labute approximate surface area is 133 Å². The summed E-state index contributed by atoms with van der Waals surface area (Å²) in [6, 6.07) is 21.5. The highest BCUT2D eigenvalue weighted by Crippen LogP contribution is 2.21. The van der Waals surface area contributed by atoms with Crippen LogP contribution in [0.2, 0.25) is 0 Å². The van der Waals surface area contributed by atoms with Gasteiger partial charge in [-0.25, -0.2) is 0 Å². The fourth-order valence-electron chi connectivity index (χ4n) is 2.93. The molecule has 0 fully saturated rings. The highest BCUT2D eigenvalue weighted by molar-refractivity contribution is 5.28. The van der Waals surface area contributed by atoms with Crippen LogP contribution < -0.4 is 0 Å². The van der Waals surface area contributed by atoms with Gasteiger partial charge in [-0.2, -0.15) is 0 Å². The second-order valence-corrected chi connectivity index (χ2v) is 6.03. The Morgan fingerprint density at radius 1 is 0.773 bits per heavy atom. The molecule has 112 valence electrons. The lowest BCUT2D eigenvalue weighted by Crippen LogP contribution is -2.26. The molecule has 0 saturated carbocycles. The van der Waals surface area contributed by atoms with E-state index in [-0.39, 0.29) is 0 Å². The van der Waals surface area contributed by atoms with E-state index in [2.05, 4.69) is 90.7 Å². The largest absolute Gasteiger partial charge is 0.291 e. The molecule has 0 spiro atoms. The van der Waals surface area contributed by atoms with E-state index in [9.17, 15) is 0 Å². The minimum absolute atomic E-state index is 0.564. The zero-order valence-corrected chi connectivity index (χ0v) is 13.2. The van der Waals surface area contributed by atoms with Crippen molar-refractivity contribution in [2.24, 2.45) is 5.92 Å². The quantitative estimate of drug-likeness (QED) is 0.737. The van der Waals surface area contributed by atoms with Gasteiger partial charge in [-0.15, -0.1) is 0 Å². The smallest absolute Gasteiger partial charge is 0.0240 e. The molecule has 1 atom stereocenters. The van der Waals surface area contributed by atoms with Crippen molar-refractivity contribution in [3.63, 3.8) is 0 Å². The van der Waals surface area contributed by atoms with Gasteiger partial charge in [0.05, 0.1) is 0 Å². The van der Waals surface area contributed by atoms with Crippen LogP contribution >= 0.6 is 0 Å². The first-order chi connectivity index (χ1) is 10.8. The number of nitrogens with zero attached hydrogens (tertiary/aromatic N) is 1. The zero-order chi connectivity index (χ0) is 15.2. The summed E-state index contributed by atoms with van der Waals surface area (Å²) in [4.78, 5) is 2.53. The molecule has 0 amide bonds. The Morgan fingerprint density at radius 3 is 1.77 bits per heavy atom. The maximum atomic E-state index is 2.53. The molecule has 1 nitrogen and oxygen atoms in total. The van der Waals surface area contributed by atoms with Crippen LogP contribution in [0.4, 0.5) is 0 Å². The van der Waals surface area contributed by atoms with Crippen LogP contribution in [0.5, 0.6) is 0 Å². The van der Waals surface area contributed by atoms with Crippen molar-refractivity contribution in [1.82, 2.24) is 4.90 Å². The highest BCUT2D eigenvalue weighted by Gasteiger charge is 2.14. The lowest BCUT2D eigenvalue weighted by molar-refractivity contribution is 0.275. The van der Waals surface area contributed by atoms with Crippen molar-refractivity contribution in [2.75, 3.05) is 6.54 Å². The van der Waals surface area contributed by atoms with Crippen molar-refractivity contribution in [1.29, 1.82) is 0 Å². The van der Waals surface area contributed by atoms with Crippen LogP contribution in [0, 0.1) is 5.92 Å². The van der Waals surface area contributed by atoms with Crippen molar-refractivity contribution in [3.05, 3.63) is 95.6 Å². The number of hydrogen-bond donors (Lipinski definition) is 0. The predicted octanol–water partition coefficient (Wildman–Crippen LogP) is 4.82. The van der Waals surface area contributed by atoms with E-state index in [4.69, 9.17) is 0 Å². The van der Waals surface area contributed by atoms with E-state index in [0.29, 0.717) is 5.92 Å². The van der Waals surface area contributed by atoms with Crippen LogP contribution in [0.1, 0.15) is 18.1 Å². The Morgan fingerprint density at radius 2 is 1.32 bits per heavy atom. The van der Waals surface area contributed by atoms with Crippen molar-refractivity contribution in [3.8, 4) is 0 Å². The van der Waals surface area contributed by atoms with Gasteiger partial charge >= 0.3 is 0 Å². The van der Waals surface area contributed by atoms with E-state index in [1.54, 1.807) is 0 Å². The van der Waals surface area contributed by atoms with Gasteiger partial charge in [-0.3, -0.25) is 4.90 Å². The standard InChI is InChI=1S/C21H23N/c1-18-9-8-14-21(18)17-22(15-19-10-4-2-5-11-19)16-20-12-6-3-7-13-20/h2-14,18H,15-17H2,1H3. The Kier molecular flexibility index (Phi) is 4.87. The number of allylic oxidation sites excluding steroid dienone is 3. The molecule has 1 heteroatoms. The minimum Gasteiger partial charge on any atom is -0.291 e. The second-order valence-electron chi connectivity index (χ2n) is 6.03. The second kappa shape index (κ2) is 7.24. The van der Waals surface area contributed by atoms with Gasteiger partial charge in [0.15, 0.2) is 0 Å². The molecule has 2 aromatic carbocycles. The molecule has 0 radical (unpaired) electrons. The van der Waals surface area contributed by atoms with E-state index >= 15 is 0 Å². The number of hydrogen-bond acceptors (Lipinski definition) is 1. The van der Waals surface area contributed by atoms with E-state index < -0.39 is 0 Å². The van der Waals surface area contributed by atoms with E-state index in [1.165, 1.54) is 16.7 Å². The normalized spacial score (nSPS) is 17.0. The SMILES string of the molecule is CC1C=CC=C1CN(Cc1ccccc1)Cc1ccccc1. The predicted molar refractivity (Wildman–Crippen MR) is 93.4 cm³/mol. The van der Waals surface area contributed by atoms with E-state index in [0.717, 1.165) is 19.6 Å². The highest BCUT2D eigenvalue weighted by atomic mass is 15.1. The maximum Gasteiger partial charge on any atom is 0.0240 e. The van der Waals surface area contributed by atoms with Crippen LogP contribution in [0.25, 0.3) is 0 Å². The summed E-state index contributed by atoms with van der Waals surface area (Å²) >= 11 is 0. The molecule has 0 N–H and O–H groups in total. The van der Waals surface area contributed by atoms with Crippen molar-refractivity contribution < 1.29 is 0 Å². The molecule has 1 aliphatic rings. The summed E-state index contributed by atoms with van der Waals surface area (Å²) in [5.41, 5.74) is 4.25. The Bertz CT molecular complexity index is 599. The zero-order valence-electron chi connectivity index (χ0n) is 13.2. The fraction of sp³-hybridized carbons (Fsp3) is 0.238. The molecule has 1 unspecified atom stereocenters. The lowest BCUT2D eigenvalue weighted by atomic mass is 10.0. The van der Waals surface area contributed by atoms with Crippen LogP contribution in [0.15, 0.2) is 84.5 Å². The third-order valence-corrected chi connectivity index (χ3v) is 4.20. The van der Waals surface area contributed by atoms with Gasteiger partial charge in [-0.05, 0) is 22.6 Å². The molecule has 2 aromatic rings. The first kappa shape index (κ1) is 14.8. The molecular formula is C21H23N. The van der Waals surface area contributed by atoms with Gasteiger partial charge in [-0.1, -0.05) is 85.8 Å². The van der Waals surface area contributed by atoms with Crippen LogP contribution in [-0.4, -0.2) is 11.4 Å². The first-order valence-electron chi connectivity index (χ1n) is 7.99. The maximum absolute atomic E-state index is 2.53. The summed E-state index contributed by atoms with van der Waals surface area (Å²) in [6.45, 7) is 5.27. The van der Waals surface area contributed by atoms with Gasteiger partial charge in [0.2, 0.25) is 0 Å². The molecule has 0 saturated heterocycles. The van der Waals surface area contributed by atoms with Gasteiger partial charge in [0, 0.05) is 19.6 Å². The molecular weight excluding hydrogens is 266 g/mol. The Balaban J connectivity index is 1.73. The topological polar surface area (TPSA) is 3.24 Å². The average Bonchev–Trinajstić information content (AvgIpc) is 2.94. The first-order valence-corrected chi connectivity index (χ1v) is 7.99. The summed E-state index contributed by atoms with van der Waals surface area (Å²) in [6.07, 6.45) is 6.73. The Hall–Kier alpha value is -2.12. The molecule has 1 aliphatic carbocycles. The molecule has 0 bridgehead atoms. The monoisotopic (exact) mass is 289 g/mol. The molecule has 0 aliphatic heterocycles. The van der Waals surface area contributed by atoms with Crippen LogP contribution in [-0.2, 0) is 13.1 Å². The number of rotatable bonds is 6. The molecule has 0 aromatic heterocycles. The number of benzene rings is 2. The average molecular weight is 289 g/mol.